The van der Waals surface area contributed by atoms with Gasteiger partial charge in [0.1, 0.15) is 11.5 Å². The van der Waals surface area contributed by atoms with Gasteiger partial charge < -0.3 is 19.3 Å². The fourth-order valence-electron chi connectivity index (χ4n) is 4.71. The maximum atomic E-state index is 14.5. The predicted molar refractivity (Wildman–Crippen MR) is 140 cm³/mol. The van der Waals surface area contributed by atoms with Gasteiger partial charge in [-0.3, -0.25) is 9.59 Å². The van der Waals surface area contributed by atoms with Gasteiger partial charge in [-0.25, -0.2) is 0 Å². The summed E-state index contributed by atoms with van der Waals surface area (Å²) in [7, 11) is 4.42. The number of carbonyl (C=O) groups is 2. The number of ether oxygens (including phenoxy) is 2. The molecule has 0 spiro atoms. The predicted octanol–water partition coefficient (Wildman–Crippen LogP) is 6.78. The van der Waals surface area contributed by atoms with E-state index in [1.165, 1.54) is 59.4 Å². The quantitative estimate of drug-likeness (QED) is 0.286. The monoisotopic (exact) mass is 590 g/mol. The molecular formula is C28H32ClF5N2O4. The zero-order valence-electron chi connectivity index (χ0n) is 22.4. The molecule has 0 aromatic heterocycles. The zero-order chi connectivity index (χ0) is 29.7. The number of carbonyl (C=O) groups excluding carboxylic acids is 2. The normalized spacial score (nSPS) is 15.5. The number of likely N-dealkylation sites (tertiary alicyclic amines) is 1. The number of alkyl halides is 5. The molecule has 2 aromatic rings. The highest BCUT2D eigenvalue weighted by molar-refractivity contribution is 6.34. The molecule has 0 radical (unpaired) electrons. The minimum absolute atomic E-state index is 0.00697. The van der Waals surface area contributed by atoms with Crippen molar-refractivity contribution in [1.29, 1.82) is 0 Å². The van der Waals surface area contributed by atoms with Crippen LogP contribution in [0.5, 0.6) is 11.5 Å². The van der Waals surface area contributed by atoms with Crippen molar-refractivity contribution in [3.63, 3.8) is 0 Å². The molecule has 3 rings (SSSR count). The third-order valence-electron chi connectivity index (χ3n) is 6.85. The van der Waals surface area contributed by atoms with E-state index in [2.05, 4.69) is 0 Å². The first-order valence-electron chi connectivity index (χ1n) is 12.8. The van der Waals surface area contributed by atoms with E-state index < -0.39 is 30.5 Å². The van der Waals surface area contributed by atoms with Gasteiger partial charge in [0.25, 0.3) is 5.91 Å². The van der Waals surface area contributed by atoms with Gasteiger partial charge in [0, 0.05) is 27.2 Å². The van der Waals surface area contributed by atoms with E-state index >= 15 is 0 Å². The van der Waals surface area contributed by atoms with Crippen molar-refractivity contribution in [2.24, 2.45) is 5.92 Å². The summed E-state index contributed by atoms with van der Waals surface area (Å²) in [4.78, 5) is 27.5. The molecule has 2 amide bonds. The summed E-state index contributed by atoms with van der Waals surface area (Å²) in [6.07, 6.45) is -7.48. The number of hydrogen-bond acceptors (Lipinski definition) is 4. The minimum Gasteiger partial charge on any atom is -0.497 e. The lowest BCUT2D eigenvalue weighted by molar-refractivity contribution is -0.181. The van der Waals surface area contributed by atoms with Crippen LogP contribution in [-0.4, -0.2) is 68.2 Å². The topological polar surface area (TPSA) is 59.1 Å². The Bertz CT molecular complexity index is 1180. The average molecular weight is 591 g/mol. The Labute approximate surface area is 235 Å². The Kier molecular flexibility index (Phi) is 10.3. The van der Waals surface area contributed by atoms with Gasteiger partial charge in [-0.15, -0.1) is 0 Å². The summed E-state index contributed by atoms with van der Waals surface area (Å²) in [6, 6.07) is 9.10. The molecular weight excluding hydrogens is 559 g/mol. The molecule has 1 atom stereocenters. The van der Waals surface area contributed by atoms with Crippen molar-refractivity contribution < 1.29 is 41.0 Å². The first-order chi connectivity index (χ1) is 18.7. The molecule has 6 nitrogen and oxygen atoms in total. The van der Waals surface area contributed by atoms with Gasteiger partial charge in [0.2, 0.25) is 5.91 Å². The number of piperidine rings is 1. The molecule has 0 aliphatic carbocycles. The average Bonchev–Trinajstić information content (AvgIpc) is 2.87. The van der Waals surface area contributed by atoms with Crippen LogP contribution in [0.1, 0.15) is 53.9 Å². The second-order valence-corrected chi connectivity index (χ2v) is 10.4. The van der Waals surface area contributed by atoms with Crippen LogP contribution in [0.3, 0.4) is 0 Å². The van der Waals surface area contributed by atoms with E-state index in [9.17, 15) is 31.5 Å². The van der Waals surface area contributed by atoms with Crippen molar-refractivity contribution in [1.82, 2.24) is 9.80 Å². The fourth-order valence-corrected chi connectivity index (χ4v) is 4.96. The summed E-state index contributed by atoms with van der Waals surface area (Å²) < 4.78 is 80.4. The van der Waals surface area contributed by atoms with E-state index in [4.69, 9.17) is 21.1 Å². The highest BCUT2D eigenvalue weighted by Crippen LogP contribution is 2.39. The SMILES string of the molecule is COc1cccc(C(C(=O)N2CCC(CCCC(F)(F)Oc3ccc(C(=O)N(C)C)c(Cl)c3)CC2)C(F)(F)F)c1. The first-order valence-corrected chi connectivity index (χ1v) is 13.2. The van der Waals surface area contributed by atoms with Crippen LogP contribution in [0.15, 0.2) is 42.5 Å². The summed E-state index contributed by atoms with van der Waals surface area (Å²) in [5, 5.41) is -0.00697. The third kappa shape index (κ3) is 8.22. The number of hydrogen-bond donors (Lipinski definition) is 0. The number of methoxy groups -OCH3 is 1. The minimum atomic E-state index is -4.78. The molecule has 1 unspecified atom stereocenters. The van der Waals surface area contributed by atoms with Gasteiger partial charge >= 0.3 is 12.3 Å². The molecule has 0 saturated carbocycles. The van der Waals surface area contributed by atoms with E-state index in [0.717, 1.165) is 0 Å². The summed E-state index contributed by atoms with van der Waals surface area (Å²) in [6.45, 7) is 0.229. The fraction of sp³-hybridized carbons (Fsp3) is 0.500. The maximum Gasteiger partial charge on any atom is 0.404 e. The lowest BCUT2D eigenvalue weighted by Crippen LogP contribution is -2.44. The molecule has 0 N–H and O–H groups in total. The second kappa shape index (κ2) is 13.1. The van der Waals surface area contributed by atoms with Gasteiger partial charge in [-0.05, 0) is 67.5 Å². The Morgan fingerprint density at radius 2 is 1.73 bits per heavy atom. The molecule has 12 heteroatoms. The number of halogens is 6. The van der Waals surface area contributed by atoms with E-state index in [0.29, 0.717) is 19.3 Å². The smallest absolute Gasteiger partial charge is 0.404 e. The Morgan fingerprint density at radius 3 is 2.30 bits per heavy atom. The van der Waals surface area contributed by atoms with Crippen LogP contribution in [0, 0.1) is 5.92 Å². The molecule has 1 saturated heterocycles. The van der Waals surface area contributed by atoms with E-state index in [-0.39, 0.29) is 59.0 Å². The molecule has 0 bridgehead atoms. The zero-order valence-corrected chi connectivity index (χ0v) is 23.2. The van der Waals surface area contributed by atoms with Gasteiger partial charge in [0.05, 0.1) is 24.1 Å². The second-order valence-electron chi connectivity index (χ2n) is 9.99. The van der Waals surface area contributed by atoms with Gasteiger partial charge in [-0.1, -0.05) is 23.7 Å². The lowest BCUT2D eigenvalue weighted by atomic mass is 9.89. The van der Waals surface area contributed by atoms with Crippen molar-refractivity contribution >= 4 is 23.4 Å². The van der Waals surface area contributed by atoms with Gasteiger partial charge in [0.15, 0.2) is 5.92 Å². The van der Waals surface area contributed by atoms with Crippen LogP contribution in [-0.2, 0) is 4.79 Å². The molecule has 1 heterocycles. The highest BCUT2D eigenvalue weighted by Gasteiger charge is 2.48. The van der Waals surface area contributed by atoms with Crippen LogP contribution < -0.4 is 9.47 Å². The van der Waals surface area contributed by atoms with Crippen molar-refractivity contribution in [2.45, 2.75) is 50.3 Å². The molecule has 220 valence electrons. The third-order valence-corrected chi connectivity index (χ3v) is 7.16. The van der Waals surface area contributed by atoms with Crippen molar-refractivity contribution in [2.75, 3.05) is 34.3 Å². The maximum absolute atomic E-state index is 14.5. The molecule has 1 fully saturated rings. The Morgan fingerprint density at radius 1 is 1.05 bits per heavy atom. The number of benzene rings is 2. The Balaban J connectivity index is 1.51. The lowest BCUT2D eigenvalue weighted by Gasteiger charge is -2.35. The van der Waals surface area contributed by atoms with Crippen LogP contribution in [0.2, 0.25) is 5.02 Å². The number of rotatable bonds is 10. The standard InChI is InChI=1S/C28H32ClF5N2O4/c1-35(2)25(37)22-10-9-21(17-23(22)29)40-27(30,31)13-5-6-18-11-14-36(15-12-18)26(38)24(28(32,33)34)19-7-4-8-20(16-19)39-3/h4,7-10,16-18,24H,5-6,11-15H2,1-3H3. The highest BCUT2D eigenvalue weighted by atomic mass is 35.5. The van der Waals surface area contributed by atoms with Gasteiger partial charge in [-0.2, -0.15) is 22.0 Å². The van der Waals surface area contributed by atoms with Crippen molar-refractivity contribution in [3.8, 4) is 11.5 Å². The molecule has 2 aromatic carbocycles. The Hall–Kier alpha value is -3.08. The van der Waals surface area contributed by atoms with Crippen LogP contribution >= 0.6 is 11.6 Å². The summed E-state index contributed by atoms with van der Waals surface area (Å²) in [5.74, 6) is -3.67. The van der Waals surface area contributed by atoms with Crippen LogP contribution in [0.4, 0.5) is 22.0 Å². The van der Waals surface area contributed by atoms with E-state index in [1.54, 1.807) is 14.1 Å². The molecule has 1 aliphatic rings. The molecule has 1 aliphatic heterocycles. The number of amides is 2. The van der Waals surface area contributed by atoms with Crippen molar-refractivity contribution in [3.05, 3.63) is 58.6 Å². The van der Waals surface area contributed by atoms with Crippen LogP contribution in [0.25, 0.3) is 0 Å². The number of nitrogens with zero attached hydrogens (tertiary/aromatic N) is 2. The van der Waals surface area contributed by atoms with E-state index in [1.807, 2.05) is 0 Å². The largest absolute Gasteiger partial charge is 0.497 e. The summed E-state index contributed by atoms with van der Waals surface area (Å²) >= 11 is 6.06. The first kappa shape index (κ1) is 31.4. The molecule has 40 heavy (non-hydrogen) atoms. The summed E-state index contributed by atoms with van der Waals surface area (Å²) in [5.41, 5.74) is -0.0290.